The zero-order valence-electron chi connectivity index (χ0n) is 20.6. The van der Waals surface area contributed by atoms with Crippen LogP contribution in [0.5, 0.6) is 5.75 Å². The monoisotopic (exact) mass is 528 g/mol. The normalized spacial score (nSPS) is 13.7. The second-order valence-electron chi connectivity index (χ2n) is 8.78. The van der Waals surface area contributed by atoms with Crippen LogP contribution in [0.15, 0.2) is 54.9 Å². The number of aryl methyl sites for hydroxylation is 1. The van der Waals surface area contributed by atoms with Crippen LogP contribution in [0, 0.1) is 6.92 Å². The summed E-state index contributed by atoms with van der Waals surface area (Å²) in [6.07, 6.45) is 0.226. The van der Waals surface area contributed by atoms with Crippen LogP contribution in [0.1, 0.15) is 28.8 Å². The molecular weight excluding hydrogens is 501 g/mol. The molecule has 0 atom stereocenters. The molecule has 0 saturated carbocycles. The fourth-order valence-corrected chi connectivity index (χ4v) is 3.89. The Balaban J connectivity index is 1.33. The molecule has 0 unspecified atom stereocenters. The number of likely N-dealkylation sites (tertiary alicyclic amines) is 1. The van der Waals surface area contributed by atoms with Gasteiger partial charge in [0.05, 0.1) is 18.1 Å². The van der Waals surface area contributed by atoms with Gasteiger partial charge >= 0.3 is 12.1 Å². The Morgan fingerprint density at radius 1 is 0.974 bits per heavy atom. The number of carbonyl (C=O) groups is 2. The lowest BCUT2D eigenvalue weighted by Gasteiger charge is -2.15. The minimum Gasteiger partial charge on any atom is -0.492 e. The summed E-state index contributed by atoms with van der Waals surface area (Å²) in [5, 5.41) is 7.42. The zero-order valence-corrected chi connectivity index (χ0v) is 20.6. The molecule has 2 amide bonds. The first-order chi connectivity index (χ1) is 18.2. The zero-order chi connectivity index (χ0) is 27.1. The molecule has 3 aromatic rings. The summed E-state index contributed by atoms with van der Waals surface area (Å²) >= 11 is 0. The highest BCUT2D eigenvalue weighted by molar-refractivity contribution is 6.06. The molecule has 1 aliphatic rings. The third kappa shape index (κ3) is 7.42. The van der Waals surface area contributed by atoms with Gasteiger partial charge in [-0.1, -0.05) is 12.1 Å². The lowest BCUT2D eigenvalue weighted by atomic mass is 10.1. The standard InChI is InChI=1S/C26H27F3N6O3/c1-17-7-8-19(33-24(37)26(27,28)29)14-22(17)23(36)32-20-15-30-25(31-16-20)34-18-5-4-6-21(13-18)38-12-11-35-9-2-3-10-35/h4-8,13-16H,2-3,9-12H2,1H3,(H,32,36)(H,33,37)(H,30,31,34). The van der Waals surface area contributed by atoms with Gasteiger partial charge in [-0.2, -0.15) is 13.2 Å². The Morgan fingerprint density at radius 3 is 2.42 bits per heavy atom. The second kappa shape index (κ2) is 11.9. The van der Waals surface area contributed by atoms with E-state index >= 15 is 0 Å². The number of nitrogens with zero attached hydrogens (tertiary/aromatic N) is 3. The first-order valence-electron chi connectivity index (χ1n) is 12.0. The van der Waals surface area contributed by atoms with E-state index in [0.29, 0.717) is 18.1 Å². The quantitative estimate of drug-likeness (QED) is 0.368. The molecule has 3 N–H and O–H groups in total. The second-order valence-corrected chi connectivity index (χ2v) is 8.78. The van der Waals surface area contributed by atoms with Crippen LogP contribution in [-0.4, -0.2) is 59.1 Å². The number of ether oxygens (including phenoxy) is 1. The van der Waals surface area contributed by atoms with Crippen molar-refractivity contribution < 1.29 is 27.5 Å². The molecule has 0 aliphatic carbocycles. The maximum absolute atomic E-state index is 12.7. The van der Waals surface area contributed by atoms with E-state index in [2.05, 4.69) is 25.5 Å². The summed E-state index contributed by atoms with van der Waals surface area (Å²) in [7, 11) is 0. The number of aromatic nitrogens is 2. The smallest absolute Gasteiger partial charge is 0.471 e. The molecule has 12 heteroatoms. The molecule has 1 saturated heterocycles. The van der Waals surface area contributed by atoms with E-state index in [1.807, 2.05) is 24.3 Å². The van der Waals surface area contributed by atoms with Gasteiger partial charge in [0.2, 0.25) is 5.95 Å². The largest absolute Gasteiger partial charge is 0.492 e. The lowest BCUT2D eigenvalue weighted by molar-refractivity contribution is -0.167. The predicted molar refractivity (Wildman–Crippen MR) is 137 cm³/mol. The molecule has 2 aromatic carbocycles. The number of amides is 2. The van der Waals surface area contributed by atoms with Crippen molar-refractivity contribution in [3.05, 3.63) is 66.0 Å². The molecule has 0 radical (unpaired) electrons. The third-order valence-corrected chi connectivity index (χ3v) is 5.87. The van der Waals surface area contributed by atoms with Crippen molar-refractivity contribution in [1.29, 1.82) is 0 Å². The average Bonchev–Trinajstić information content (AvgIpc) is 3.39. The number of hydrogen-bond donors (Lipinski definition) is 3. The number of nitrogens with one attached hydrogen (secondary N) is 3. The van der Waals surface area contributed by atoms with E-state index in [1.165, 1.54) is 43.4 Å². The fourth-order valence-electron chi connectivity index (χ4n) is 3.89. The number of carbonyl (C=O) groups excluding carboxylic acids is 2. The van der Waals surface area contributed by atoms with Crippen LogP contribution in [0.3, 0.4) is 0 Å². The van der Waals surface area contributed by atoms with Crippen molar-refractivity contribution in [3.63, 3.8) is 0 Å². The third-order valence-electron chi connectivity index (χ3n) is 5.87. The lowest BCUT2D eigenvalue weighted by Crippen LogP contribution is -2.30. The Hall–Kier alpha value is -4.19. The highest BCUT2D eigenvalue weighted by atomic mass is 19.4. The minimum atomic E-state index is -5.04. The summed E-state index contributed by atoms with van der Waals surface area (Å²) in [5.41, 5.74) is 1.46. The molecule has 0 spiro atoms. The van der Waals surface area contributed by atoms with Crippen LogP contribution >= 0.6 is 0 Å². The molecule has 4 rings (SSSR count). The molecule has 1 fully saturated rings. The van der Waals surface area contributed by atoms with Gasteiger partial charge in [-0.05, 0) is 62.7 Å². The van der Waals surface area contributed by atoms with Crippen molar-refractivity contribution in [2.75, 3.05) is 42.2 Å². The number of benzene rings is 2. The molecule has 1 aromatic heterocycles. The number of rotatable bonds is 9. The summed E-state index contributed by atoms with van der Waals surface area (Å²) in [6, 6.07) is 11.3. The number of halogens is 3. The molecular formula is C26H27F3N6O3. The molecule has 1 aliphatic heterocycles. The molecule has 38 heavy (non-hydrogen) atoms. The van der Waals surface area contributed by atoms with Crippen molar-refractivity contribution in [1.82, 2.24) is 14.9 Å². The van der Waals surface area contributed by atoms with E-state index in [9.17, 15) is 22.8 Å². The Bertz CT molecular complexity index is 1280. The van der Waals surface area contributed by atoms with Crippen LogP contribution in [0.25, 0.3) is 0 Å². The van der Waals surface area contributed by atoms with Gasteiger partial charge in [0.25, 0.3) is 5.91 Å². The molecule has 9 nitrogen and oxygen atoms in total. The fraction of sp³-hybridized carbons (Fsp3) is 0.308. The van der Waals surface area contributed by atoms with Crippen LogP contribution < -0.4 is 20.7 Å². The van der Waals surface area contributed by atoms with Crippen LogP contribution in [0.2, 0.25) is 0 Å². The maximum Gasteiger partial charge on any atom is 0.471 e. The van der Waals surface area contributed by atoms with E-state index < -0.39 is 18.0 Å². The van der Waals surface area contributed by atoms with Crippen LogP contribution in [0.4, 0.5) is 36.2 Å². The van der Waals surface area contributed by atoms with E-state index in [-0.39, 0.29) is 16.9 Å². The van der Waals surface area contributed by atoms with Gasteiger partial charge in [-0.15, -0.1) is 0 Å². The summed E-state index contributed by atoms with van der Waals surface area (Å²) < 4.78 is 43.5. The number of alkyl halides is 3. The van der Waals surface area contributed by atoms with E-state index in [4.69, 9.17) is 4.74 Å². The summed E-state index contributed by atoms with van der Waals surface area (Å²) in [6.45, 7) is 5.35. The minimum absolute atomic E-state index is 0.0914. The van der Waals surface area contributed by atoms with Gasteiger partial charge in [0.1, 0.15) is 12.4 Å². The Labute approximate surface area is 217 Å². The first kappa shape index (κ1) is 26.9. The van der Waals surface area contributed by atoms with Gasteiger partial charge < -0.3 is 20.7 Å². The molecule has 2 heterocycles. The van der Waals surface area contributed by atoms with Gasteiger partial charge in [0, 0.05) is 29.5 Å². The van der Waals surface area contributed by atoms with Gasteiger partial charge in [-0.25, -0.2) is 9.97 Å². The van der Waals surface area contributed by atoms with Crippen molar-refractivity contribution in [3.8, 4) is 5.75 Å². The first-order valence-corrected chi connectivity index (χ1v) is 12.0. The van der Waals surface area contributed by atoms with Gasteiger partial charge in [-0.3, -0.25) is 14.5 Å². The highest BCUT2D eigenvalue weighted by Crippen LogP contribution is 2.23. The summed E-state index contributed by atoms with van der Waals surface area (Å²) in [5.74, 6) is -1.69. The predicted octanol–water partition coefficient (Wildman–Crippen LogP) is 4.76. The molecule has 0 bridgehead atoms. The average molecular weight is 529 g/mol. The SMILES string of the molecule is Cc1ccc(NC(=O)C(F)(F)F)cc1C(=O)Nc1cnc(Nc2cccc(OCCN3CCCC3)c2)nc1. The van der Waals surface area contributed by atoms with E-state index in [1.54, 1.807) is 12.2 Å². The number of hydrogen-bond acceptors (Lipinski definition) is 7. The Kier molecular flexibility index (Phi) is 8.41. The number of anilines is 4. The van der Waals surface area contributed by atoms with Crippen molar-refractivity contribution in [2.24, 2.45) is 0 Å². The molecule has 200 valence electrons. The van der Waals surface area contributed by atoms with E-state index in [0.717, 1.165) is 31.1 Å². The highest BCUT2D eigenvalue weighted by Gasteiger charge is 2.38. The van der Waals surface area contributed by atoms with Gasteiger partial charge in [0.15, 0.2) is 0 Å². The summed E-state index contributed by atoms with van der Waals surface area (Å²) in [4.78, 5) is 34.7. The van der Waals surface area contributed by atoms with Crippen molar-refractivity contribution >= 4 is 34.8 Å². The van der Waals surface area contributed by atoms with Crippen LogP contribution in [-0.2, 0) is 4.79 Å². The maximum atomic E-state index is 12.7. The Morgan fingerprint density at radius 2 is 1.71 bits per heavy atom. The van der Waals surface area contributed by atoms with Crippen molar-refractivity contribution in [2.45, 2.75) is 25.9 Å². The topological polar surface area (TPSA) is 108 Å².